The Kier molecular flexibility index (Phi) is 2.50. The van der Waals surface area contributed by atoms with Crippen LogP contribution in [0.25, 0.3) is 0 Å². The summed E-state index contributed by atoms with van der Waals surface area (Å²) >= 11 is 0. The molecule has 0 amide bonds. The molecule has 0 aromatic carbocycles. The van der Waals surface area contributed by atoms with E-state index in [9.17, 15) is 0 Å². The second kappa shape index (κ2) is 3.20. The van der Waals surface area contributed by atoms with E-state index in [4.69, 9.17) is 0 Å². The lowest BCUT2D eigenvalue weighted by Gasteiger charge is -2.18. The van der Waals surface area contributed by atoms with E-state index in [1.165, 1.54) is 12.8 Å². The van der Waals surface area contributed by atoms with Gasteiger partial charge in [-0.1, -0.05) is 13.0 Å². The van der Waals surface area contributed by atoms with Crippen LogP contribution in [0, 0.1) is 11.8 Å². The maximum atomic E-state index is 3.80. The molecule has 10 heavy (non-hydrogen) atoms. The van der Waals surface area contributed by atoms with Crippen molar-refractivity contribution in [3.05, 3.63) is 12.7 Å². The molecule has 1 fully saturated rings. The predicted octanol–water partition coefficient (Wildman–Crippen LogP) is 1.81. The van der Waals surface area contributed by atoms with Gasteiger partial charge in [-0.05, 0) is 31.7 Å². The van der Waals surface area contributed by atoms with Gasteiger partial charge in [0.1, 0.15) is 0 Å². The fraction of sp³-hybridized carbons (Fsp3) is 0.778. The van der Waals surface area contributed by atoms with Crippen molar-refractivity contribution in [2.45, 2.75) is 25.8 Å². The summed E-state index contributed by atoms with van der Waals surface area (Å²) in [7, 11) is 2.01. The van der Waals surface area contributed by atoms with E-state index in [2.05, 4.69) is 18.8 Å². The van der Waals surface area contributed by atoms with Crippen LogP contribution in [0.1, 0.15) is 19.8 Å². The first kappa shape index (κ1) is 7.80. The average molecular weight is 139 g/mol. The number of hydrogen-bond donors (Lipinski definition) is 1. The first-order chi connectivity index (χ1) is 4.79. The lowest BCUT2D eigenvalue weighted by molar-refractivity contribution is 0.414. The van der Waals surface area contributed by atoms with Crippen LogP contribution in [0.15, 0.2) is 12.7 Å². The third-order valence-corrected chi connectivity index (χ3v) is 2.52. The Bertz CT molecular complexity index is 116. The molecule has 1 N–H and O–H groups in total. The molecule has 2 atom stereocenters. The highest BCUT2D eigenvalue weighted by Gasteiger charge is 2.31. The standard InChI is InChI=1S/C9H17N/c1-4-9(10-3)7(2)8-5-6-8/h4,7-10H,1,5-6H2,2-3H3. The molecule has 0 aliphatic heterocycles. The highest BCUT2D eigenvalue weighted by molar-refractivity contribution is 4.94. The molecule has 0 aromatic heterocycles. The Hall–Kier alpha value is -0.300. The minimum atomic E-state index is 0.521. The molecular formula is C9H17N. The lowest BCUT2D eigenvalue weighted by atomic mass is 9.97. The van der Waals surface area contributed by atoms with Gasteiger partial charge in [0.05, 0.1) is 0 Å². The topological polar surface area (TPSA) is 12.0 Å². The monoisotopic (exact) mass is 139 g/mol. The SMILES string of the molecule is C=CC(NC)C(C)C1CC1. The fourth-order valence-electron chi connectivity index (χ4n) is 1.51. The molecule has 1 heteroatoms. The van der Waals surface area contributed by atoms with Gasteiger partial charge in [-0.15, -0.1) is 6.58 Å². The summed E-state index contributed by atoms with van der Waals surface area (Å²) in [5, 5.41) is 3.25. The maximum absolute atomic E-state index is 3.80. The molecule has 0 aromatic rings. The number of rotatable bonds is 4. The number of nitrogens with one attached hydrogen (secondary N) is 1. The van der Waals surface area contributed by atoms with Crippen molar-refractivity contribution in [3.8, 4) is 0 Å². The first-order valence-corrected chi connectivity index (χ1v) is 4.09. The normalized spacial score (nSPS) is 23.8. The Morgan fingerprint density at radius 1 is 1.60 bits per heavy atom. The smallest absolute Gasteiger partial charge is 0.0272 e. The van der Waals surface area contributed by atoms with Gasteiger partial charge in [-0.25, -0.2) is 0 Å². The van der Waals surface area contributed by atoms with E-state index in [0.717, 1.165) is 11.8 Å². The van der Waals surface area contributed by atoms with Gasteiger partial charge in [0.2, 0.25) is 0 Å². The van der Waals surface area contributed by atoms with Gasteiger partial charge in [-0.2, -0.15) is 0 Å². The largest absolute Gasteiger partial charge is 0.313 e. The van der Waals surface area contributed by atoms with E-state index in [-0.39, 0.29) is 0 Å². The van der Waals surface area contributed by atoms with Crippen LogP contribution in [-0.4, -0.2) is 13.1 Å². The van der Waals surface area contributed by atoms with Crippen LogP contribution < -0.4 is 5.32 Å². The van der Waals surface area contributed by atoms with E-state index in [1.54, 1.807) is 0 Å². The Morgan fingerprint density at radius 2 is 2.20 bits per heavy atom. The minimum absolute atomic E-state index is 0.521. The second-order valence-corrected chi connectivity index (χ2v) is 3.25. The molecule has 1 nitrogen and oxygen atoms in total. The molecule has 0 saturated heterocycles. The van der Waals surface area contributed by atoms with Gasteiger partial charge in [-0.3, -0.25) is 0 Å². The molecule has 1 rings (SSSR count). The van der Waals surface area contributed by atoms with Crippen LogP contribution in [0.2, 0.25) is 0 Å². The van der Waals surface area contributed by atoms with E-state index in [0.29, 0.717) is 6.04 Å². The van der Waals surface area contributed by atoms with Crippen LogP contribution in [0.3, 0.4) is 0 Å². The first-order valence-electron chi connectivity index (χ1n) is 4.09. The fourth-order valence-corrected chi connectivity index (χ4v) is 1.51. The highest BCUT2D eigenvalue weighted by atomic mass is 14.9. The highest BCUT2D eigenvalue weighted by Crippen LogP contribution is 2.38. The Balaban J connectivity index is 2.34. The van der Waals surface area contributed by atoms with Crippen molar-refractivity contribution in [3.63, 3.8) is 0 Å². The van der Waals surface area contributed by atoms with Crippen molar-refractivity contribution in [2.75, 3.05) is 7.05 Å². The van der Waals surface area contributed by atoms with Crippen molar-refractivity contribution in [1.29, 1.82) is 0 Å². The maximum Gasteiger partial charge on any atom is 0.0272 e. The van der Waals surface area contributed by atoms with Gasteiger partial charge in [0.15, 0.2) is 0 Å². The molecular weight excluding hydrogens is 122 g/mol. The zero-order chi connectivity index (χ0) is 7.56. The summed E-state index contributed by atoms with van der Waals surface area (Å²) in [4.78, 5) is 0. The third kappa shape index (κ3) is 1.60. The predicted molar refractivity (Wildman–Crippen MR) is 44.9 cm³/mol. The molecule has 0 radical (unpaired) electrons. The molecule has 0 spiro atoms. The van der Waals surface area contributed by atoms with Crippen LogP contribution in [0.4, 0.5) is 0 Å². The Morgan fingerprint density at radius 3 is 2.50 bits per heavy atom. The summed E-state index contributed by atoms with van der Waals surface area (Å²) in [6, 6.07) is 0.521. The second-order valence-electron chi connectivity index (χ2n) is 3.25. The lowest BCUT2D eigenvalue weighted by Crippen LogP contribution is -2.30. The number of hydrogen-bond acceptors (Lipinski definition) is 1. The quantitative estimate of drug-likeness (QED) is 0.586. The molecule has 2 unspecified atom stereocenters. The third-order valence-electron chi connectivity index (χ3n) is 2.52. The summed E-state index contributed by atoms with van der Waals surface area (Å²) in [5.41, 5.74) is 0. The van der Waals surface area contributed by atoms with E-state index >= 15 is 0 Å². The molecule has 0 heterocycles. The molecule has 1 aliphatic rings. The molecule has 1 aliphatic carbocycles. The van der Waals surface area contributed by atoms with Gasteiger partial charge in [0.25, 0.3) is 0 Å². The van der Waals surface area contributed by atoms with Crippen molar-refractivity contribution in [2.24, 2.45) is 11.8 Å². The summed E-state index contributed by atoms with van der Waals surface area (Å²) in [6.07, 6.45) is 4.86. The molecule has 58 valence electrons. The average Bonchev–Trinajstić information content (AvgIpc) is 2.71. The summed E-state index contributed by atoms with van der Waals surface area (Å²) in [6.45, 7) is 6.11. The summed E-state index contributed by atoms with van der Waals surface area (Å²) < 4.78 is 0. The number of likely N-dealkylation sites (N-methyl/N-ethyl adjacent to an activating group) is 1. The van der Waals surface area contributed by atoms with Gasteiger partial charge < -0.3 is 5.32 Å². The Labute approximate surface area is 63.5 Å². The zero-order valence-electron chi connectivity index (χ0n) is 6.93. The van der Waals surface area contributed by atoms with Gasteiger partial charge in [0, 0.05) is 6.04 Å². The zero-order valence-corrected chi connectivity index (χ0v) is 6.93. The van der Waals surface area contributed by atoms with E-state index in [1.807, 2.05) is 13.1 Å². The van der Waals surface area contributed by atoms with Crippen LogP contribution in [-0.2, 0) is 0 Å². The molecule has 0 bridgehead atoms. The van der Waals surface area contributed by atoms with E-state index < -0.39 is 0 Å². The minimum Gasteiger partial charge on any atom is -0.313 e. The van der Waals surface area contributed by atoms with Crippen molar-refractivity contribution < 1.29 is 0 Å². The summed E-state index contributed by atoms with van der Waals surface area (Å²) in [5.74, 6) is 1.75. The van der Waals surface area contributed by atoms with Crippen LogP contribution in [0.5, 0.6) is 0 Å². The van der Waals surface area contributed by atoms with Crippen LogP contribution >= 0.6 is 0 Å². The van der Waals surface area contributed by atoms with Crippen molar-refractivity contribution in [1.82, 2.24) is 5.32 Å². The molecule has 1 saturated carbocycles. The van der Waals surface area contributed by atoms with Crippen molar-refractivity contribution >= 4 is 0 Å². The van der Waals surface area contributed by atoms with Gasteiger partial charge >= 0.3 is 0 Å².